The number of morpholine rings is 1. The average molecular weight is 621 g/mol. The van der Waals surface area contributed by atoms with E-state index in [1.165, 1.54) is 11.0 Å². The number of halogens is 9. The second-order valence-electron chi connectivity index (χ2n) is 10.8. The summed E-state index contributed by atoms with van der Waals surface area (Å²) in [6.07, 6.45) is -21.1. The molecule has 1 amide bonds. The first-order valence-electron chi connectivity index (χ1n) is 13.0. The minimum atomic E-state index is -5.82. The van der Waals surface area contributed by atoms with Crippen molar-refractivity contribution < 1.29 is 63.7 Å². The molecular formula is C25H28F9N3O5. The largest absolute Gasteiger partial charge is 0.480 e. The number of rotatable bonds is 5. The Hall–Kier alpha value is -2.95. The molecule has 0 radical (unpaired) electrons. The number of benzene rings is 1. The van der Waals surface area contributed by atoms with Crippen LogP contribution in [0, 0.1) is 5.41 Å². The number of hydrogen-bond acceptors (Lipinski definition) is 6. The molecule has 1 aromatic carbocycles. The van der Waals surface area contributed by atoms with Crippen molar-refractivity contribution in [2.75, 3.05) is 50.8 Å². The van der Waals surface area contributed by atoms with E-state index in [0.717, 1.165) is 17.0 Å². The maximum absolute atomic E-state index is 13.5. The Balaban J connectivity index is 1.44. The van der Waals surface area contributed by atoms with Gasteiger partial charge in [0, 0.05) is 38.4 Å². The fraction of sp³-hybridized carbons (Fsp3) is 0.680. The number of carboxylic acid groups (broad SMARTS) is 1. The van der Waals surface area contributed by atoms with Gasteiger partial charge in [0.05, 0.1) is 18.8 Å². The summed E-state index contributed by atoms with van der Waals surface area (Å²) in [5.41, 5.74) is -0.784. The van der Waals surface area contributed by atoms with Gasteiger partial charge < -0.3 is 24.4 Å². The molecule has 3 aliphatic heterocycles. The van der Waals surface area contributed by atoms with Gasteiger partial charge in [-0.25, -0.2) is 9.59 Å². The Morgan fingerprint density at radius 2 is 1.60 bits per heavy atom. The van der Waals surface area contributed by atoms with E-state index in [2.05, 4.69) is 4.74 Å². The average Bonchev–Trinajstić information content (AvgIpc) is 3.27. The van der Waals surface area contributed by atoms with Crippen molar-refractivity contribution in [3.05, 3.63) is 29.3 Å². The molecule has 3 heterocycles. The van der Waals surface area contributed by atoms with E-state index in [4.69, 9.17) is 4.74 Å². The quantitative estimate of drug-likeness (QED) is 0.468. The molecule has 8 nitrogen and oxygen atoms in total. The van der Waals surface area contributed by atoms with Crippen molar-refractivity contribution in [3.63, 3.8) is 0 Å². The van der Waals surface area contributed by atoms with Crippen LogP contribution >= 0.6 is 0 Å². The smallest absolute Gasteiger partial charge is 0.434 e. The molecule has 42 heavy (non-hydrogen) atoms. The standard InChI is InChI=1S/C25H28F9N3O5/c26-23(27,28)16-2-1-15(17(11-16)37-9-10-41-13-18(37)19(38)39)12-35-6-3-22(14-35)4-7-36(8-5-22)21(40)42-20(24(29,30)31)25(32,33)34/h1-2,11,18,20H,3-10,12-14H2,(H,38,39). The lowest BCUT2D eigenvalue weighted by atomic mass is 9.78. The number of carbonyl (C=O) groups excluding carboxylic acids is 1. The summed E-state index contributed by atoms with van der Waals surface area (Å²) in [5, 5.41) is 9.63. The highest BCUT2D eigenvalue weighted by Gasteiger charge is 2.60. The number of hydrogen-bond donors (Lipinski definition) is 1. The summed E-state index contributed by atoms with van der Waals surface area (Å²) in [7, 11) is 0. The van der Waals surface area contributed by atoms with Gasteiger partial charge in [-0.1, -0.05) is 6.07 Å². The van der Waals surface area contributed by atoms with Gasteiger partial charge in [0.25, 0.3) is 6.10 Å². The summed E-state index contributed by atoms with van der Waals surface area (Å²) in [4.78, 5) is 28.1. The monoisotopic (exact) mass is 621 g/mol. The zero-order valence-corrected chi connectivity index (χ0v) is 22.0. The Bertz CT molecular complexity index is 1140. The van der Waals surface area contributed by atoms with E-state index < -0.39 is 53.7 Å². The van der Waals surface area contributed by atoms with Gasteiger partial charge in [-0.3, -0.25) is 4.90 Å². The van der Waals surface area contributed by atoms with E-state index in [9.17, 15) is 54.2 Å². The SMILES string of the molecule is O=C(O)C1COCCN1c1cc(C(F)(F)F)ccc1CN1CCC2(CCN(C(=O)OC(C(F)(F)F)C(F)(F)F)CC2)C1. The number of nitrogens with zero attached hydrogens (tertiary/aromatic N) is 3. The maximum Gasteiger partial charge on any atom is 0.434 e. The molecule has 236 valence electrons. The maximum atomic E-state index is 13.5. The summed E-state index contributed by atoms with van der Waals surface area (Å²) in [6, 6.07) is 1.94. The number of anilines is 1. The van der Waals surface area contributed by atoms with Crippen molar-refractivity contribution in [2.24, 2.45) is 5.41 Å². The molecule has 3 fully saturated rings. The van der Waals surface area contributed by atoms with E-state index in [1.54, 1.807) is 0 Å². The van der Waals surface area contributed by atoms with Gasteiger partial charge in [0.1, 0.15) is 0 Å². The lowest BCUT2D eigenvalue weighted by Crippen LogP contribution is -2.50. The number of aliphatic carboxylic acids is 1. The Morgan fingerprint density at radius 1 is 0.976 bits per heavy atom. The predicted octanol–water partition coefficient (Wildman–Crippen LogP) is 4.91. The Labute approximate surface area is 233 Å². The molecule has 1 aromatic rings. The molecule has 1 atom stereocenters. The van der Waals surface area contributed by atoms with Gasteiger partial charge in [-0.05, 0) is 48.9 Å². The van der Waals surface area contributed by atoms with Crippen LogP contribution in [0.5, 0.6) is 0 Å². The molecule has 0 aliphatic carbocycles. The van der Waals surface area contributed by atoms with Gasteiger partial charge in [-0.2, -0.15) is 39.5 Å². The van der Waals surface area contributed by atoms with Gasteiger partial charge in [0.15, 0.2) is 6.04 Å². The number of carbonyl (C=O) groups is 2. The molecule has 17 heteroatoms. The molecule has 0 aromatic heterocycles. The second-order valence-corrected chi connectivity index (χ2v) is 10.8. The van der Waals surface area contributed by atoms with Crippen LogP contribution in [0.25, 0.3) is 0 Å². The number of piperidine rings is 1. The number of ether oxygens (including phenoxy) is 2. The van der Waals surface area contributed by atoms with Crippen LogP contribution in [0.2, 0.25) is 0 Å². The van der Waals surface area contributed by atoms with Crippen molar-refractivity contribution >= 4 is 17.7 Å². The van der Waals surface area contributed by atoms with E-state index >= 15 is 0 Å². The normalized spacial score (nSPS) is 22.2. The Kier molecular flexibility index (Phi) is 8.84. The first-order chi connectivity index (χ1) is 19.4. The minimum Gasteiger partial charge on any atom is -0.480 e. The molecule has 4 rings (SSSR count). The van der Waals surface area contributed by atoms with Crippen LogP contribution in [0.3, 0.4) is 0 Å². The number of likely N-dealkylation sites (tertiary alicyclic amines) is 2. The predicted molar refractivity (Wildman–Crippen MR) is 127 cm³/mol. The fourth-order valence-electron chi connectivity index (χ4n) is 5.71. The third-order valence-corrected chi connectivity index (χ3v) is 7.94. The van der Waals surface area contributed by atoms with Gasteiger partial charge >= 0.3 is 30.6 Å². The zero-order valence-electron chi connectivity index (χ0n) is 22.0. The number of carboxylic acids is 1. The summed E-state index contributed by atoms with van der Waals surface area (Å²) < 4.78 is 126. The van der Waals surface area contributed by atoms with Crippen molar-refractivity contribution in [1.29, 1.82) is 0 Å². The highest BCUT2D eigenvalue weighted by atomic mass is 19.4. The Morgan fingerprint density at radius 3 is 2.17 bits per heavy atom. The summed E-state index contributed by atoms with van der Waals surface area (Å²) in [5.74, 6) is -1.25. The van der Waals surface area contributed by atoms with Crippen molar-refractivity contribution in [3.8, 4) is 0 Å². The lowest BCUT2D eigenvalue weighted by Gasteiger charge is -2.39. The van der Waals surface area contributed by atoms with Crippen molar-refractivity contribution in [2.45, 2.75) is 56.5 Å². The van der Waals surface area contributed by atoms with Crippen LogP contribution in [0.15, 0.2) is 18.2 Å². The first kappa shape index (κ1) is 32.0. The van der Waals surface area contributed by atoms with E-state index in [-0.39, 0.29) is 57.9 Å². The third-order valence-electron chi connectivity index (χ3n) is 7.94. The minimum absolute atomic E-state index is 0.0602. The molecule has 1 spiro atoms. The molecular weight excluding hydrogens is 593 g/mol. The molecule has 0 bridgehead atoms. The third kappa shape index (κ3) is 7.15. The molecule has 3 aliphatic rings. The van der Waals surface area contributed by atoms with Gasteiger partial charge in [-0.15, -0.1) is 0 Å². The topological polar surface area (TPSA) is 82.6 Å². The lowest BCUT2D eigenvalue weighted by molar-refractivity contribution is -0.308. The van der Waals surface area contributed by atoms with Crippen LogP contribution < -0.4 is 4.90 Å². The molecule has 1 N–H and O–H groups in total. The molecule has 0 saturated carbocycles. The van der Waals surface area contributed by atoms with E-state index in [0.29, 0.717) is 25.1 Å². The van der Waals surface area contributed by atoms with E-state index in [1.807, 2.05) is 4.90 Å². The van der Waals surface area contributed by atoms with Crippen LogP contribution in [-0.4, -0.2) is 97.4 Å². The highest BCUT2D eigenvalue weighted by Crippen LogP contribution is 2.43. The van der Waals surface area contributed by atoms with Crippen molar-refractivity contribution in [1.82, 2.24) is 9.80 Å². The first-order valence-corrected chi connectivity index (χ1v) is 13.0. The summed E-state index contributed by atoms with van der Waals surface area (Å²) >= 11 is 0. The molecule has 3 saturated heterocycles. The zero-order chi connectivity index (χ0) is 31.1. The summed E-state index contributed by atoms with van der Waals surface area (Å²) in [6.45, 7) is 0.787. The van der Waals surface area contributed by atoms with Crippen LogP contribution in [-0.2, 0) is 27.0 Å². The van der Waals surface area contributed by atoms with Gasteiger partial charge in [0.2, 0.25) is 0 Å². The van der Waals surface area contributed by atoms with Crippen LogP contribution in [0.4, 0.5) is 50.0 Å². The molecule has 1 unspecified atom stereocenters. The fourth-order valence-corrected chi connectivity index (χ4v) is 5.71. The number of amides is 1. The highest BCUT2D eigenvalue weighted by molar-refractivity contribution is 5.79. The second kappa shape index (κ2) is 11.6. The van der Waals surface area contributed by atoms with Crippen LogP contribution in [0.1, 0.15) is 30.4 Å². The number of alkyl halides is 9.